The molecule has 0 fully saturated rings. The van der Waals surface area contributed by atoms with Gasteiger partial charge in [-0.05, 0) is 41.5 Å². The van der Waals surface area contributed by atoms with Crippen LogP contribution in [0.25, 0.3) is 0 Å². The maximum Gasteiger partial charge on any atom is 0.115 e. The molecule has 0 aliphatic rings. The van der Waals surface area contributed by atoms with Crippen LogP contribution in [-0.4, -0.2) is 10.1 Å². The molecule has 88 valence electrons. The molecule has 17 heavy (non-hydrogen) atoms. The summed E-state index contributed by atoms with van der Waals surface area (Å²) in [6, 6.07) is 8.99. The summed E-state index contributed by atoms with van der Waals surface area (Å²) in [6.07, 6.45) is 3.58. The SMILES string of the molecule is NCc1cncc(CNc2ccc(O)cc2)c1. The Bertz CT molecular complexity index is 482. The van der Waals surface area contributed by atoms with Gasteiger partial charge < -0.3 is 16.2 Å². The number of phenolic OH excluding ortho intramolecular Hbond substituents is 1. The number of nitrogens with two attached hydrogens (primary N) is 1. The maximum absolute atomic E-state index is 9.16. The fourth-order valence-electron chi connectivity index (χ4n) is 1.53. The van der Waals surface area contributed by atoms with E-state index < -0.39 is 0 Å². The summed E-state index contributed by atoms with van der Waals surface area (Å²) >= 11 is 0. The van der Waals surface area contributed by atoms with Crippen LogP contribution in [0.5, 0.6) is 5.75 Å². The fourth-order valence-corrected chi connectivity index (χ4v) is 1.53. The minimum Gasteiger partial charge on any atom is -0.508 e. The first-order chi connectivity index (χ1) is 8.28. The van der Waals surface area contributed by atoms with Crippen molar-refractivity contribution in [1.82, 2.24) is 4.98 Å². The van der Waals surface area contributed by atoms with E-state index in [0.29, 0.717) is 13.1 Å². The number of hydrogen-bond acceptors (Lipinski definition) is 4. The number of nitrogens with zero attached hydrogens (tertiary/aromatic N) is 1. The van der Waals surface area contributed by atoms with E-state index in [1.807, 2.05) is 24.4 Å². The molecule has 4 nitrogen and oxygen atoms in total. The van der Waals surface area contributed by atoms with E-state index >= 15 is 0 Å². The van der Waals surface area contributed by atoms with E-state index in [0.717, 1.165) is 16.8 Å². The van der Waals surface area contributed by atoms with E-state index in [2.05, 4.69) is 10.3 Å². The third-order valence-electron chi connectivity index (χ3n) is 2.45. The lowest BCUT2D eigenvalue weighted by molar-refractivity contribution is 0.475. The van der Waals surface area contributed by atoms with Crippen LogP contribution in [0.3, 0.4) is 0 Å². The number of benzene rings is 1. The highest BCUT2D eigenvalue weighted by Crippen LogP contribution is 2.14. The van der Waals surface area contributed by atoms with Gasteiger partial charge in [-0.3, -0.25) is 4.98 Å². The molecule has 0 atom stereocenters. The van der Waals surface area contributed by atoms with Gasteiger partial charge in [-0.15, -0.1) is 0 Å². The van der Waals surface area contributed by atoms with E-state index in [-0.39, 0.29) is 5.75 Å². The lowest BCUT2D eigenvalue weighted by atomic mass is 10.2. The van der Waals surface area contributed by atoms with Crippen molar-refractivity contribution in [3.63, 3.8) is 0 Å². The van der Waals surface area contributed by atoms with Gasteiger partial charge in [0.05, 0.1) is 0 Å². The summed E-state index contributed by atoms with van der Waals surface area (Å²) in [5.41, 5.74) is 8.62. The van der Waals surface area contributed by atoms with Crippen molar-refractivity contribution >= 4 is 5.69 Å². The van der Waals surface area contributed by atoms with Crippen LogP contribution in [0.1, 0.15) is 11.1 Å². The minimum absolute atomic E-state index is 0.266. The zero-order valence-corrected chi connectivity index (χ0v) is 9.43. The van der Waals surface area contributed by atoms with E-state index in [4.69, 9.17) is 10.8 Å². The monoisotopic (exact) mass is 229 g/mol. The average molecular weight is 229 g/mol. The van der Waals surface area contributed by atoms with Gasteiger partial charge in [0.1, 0.15) is 5.75 Å². The quantitative estimate of drug-likeness (QED) is 0.700. The number of aromatic hydroxyl groups is 1. The normalized spacial score (nSPS) is 10.2. The van der Waals surface area contributed by atoms with Gasteiger partial charge in [0.2, 0.25) is 0 Å². The predicted molar refractivity (Wildman–Crippen MR) is 67.6 cm³/mol. The van der Waals surface area contributed by atoms with Gasteiger partial charge in [0.25, 0.3) is 0 Å². The van der Waals surface area contributed by atoms with Crippen molar-refractivity contribution in [2.45, 2.75) is 13.1 Å². The molecule has 1 heterocycles. The smallest absolute Gasteiger partial charge is 0.115 e. The first-order valence-corrected chi connectivity index (χ1v) is 5.43. The summed E-state index contributed by atoms with van der Waals surface area (Å²) in [6.45, 7) is 1.19. The van der Waals surface area contributed by atoms with Crippen LogP contribution in [0, 0.1) is 0 Å². The Labute approximate surface area is 100 Å². The molecule has 0 aliphatic carbocycles. The molecular weight excluding hydrogens is 214 g/mol. The van der Waals surface area contributed by atoms with Crippen molar-refractivity contribution < 1.29 is 5.11 Å². The molecular formula is C13H15N3O. The molecule has 0 unspecified atom stereocenters. The third kappa shape index (κ3) is 3.19. The molecule has 0 aliphatic heterocycles. The molecule has 0 spiro atoms. The number of nitrogens with one attached hydrogen (secondary N) is 1. The highest BCUT2D eigenvalue weighted by Gasteiger charge is 1.97. The molecule has 1 aromatic carbocycles. The predicted octanol–water partition coefficient (Wildman–Crippen LogP) is 1.86. The minimum atomic E-state index is 0.266. The van der Waals surface area contributed by atoms with Gasteiger partial charge in [-0.25, -0.2) is 0 Å². The Morgan fingerprint density at radius 2 is 1.82 bits per heavy atom. The molecule has 2 aromatic rings. The van der Waals surface area contributed by atoms with Crippen LogP contribution in [0.2, 0.25) is 0 Å². The van der Waals surface area contributed by atoms with Crippen molar-refractivity contribution in [1.29, 1.82) is 0 Å². The van der Waals surface area contributed by atoms with E-state index in [9.17, 15) is 0 Å². The van der Waals surface area contributed by atoms with Crippen LogP contribution in [0.4, 0.5) is 5.69 Å². The topological polar surface area (TPSA) is 71.2 Å². The molecule has 2 rings (SSSR count). The van der Waals surface area contributed by atoms with Gasteiger partial charge in [0, 0.05) is 31.2 Å². The molecule has 4 heteroatoms. The second kappa shape index (κ2) is 5.32. The van der Waals surface area contributed by atoms with Crippen molar-refractivity contribution in [2.24, 2.45) is 5.73 Å². The van der Waals surface area contributed by atoms with E-state index in [1.54, 1.807) is 18.3 Å². The summed E-state index contributed by atoms with van der Waals surface area (Å²) in [4.78, 5) is 4.12. The highest BCUT2D eigenvalue weighted by molar-refractivity contribution is 5.46. The number of anilines is 1. The van der Waals surface area contributed by atoms with Gasteiger partial charge >= 0.3 is 0 Å². The Kier molecular flexibility index (Phi) is 3.57. The molecule has 0 saturated heterocycles. The Morgan fingerprint density at radius 1 is 1.12 bits per heavy atom. The summed E-state index contributed by atoms with van der Waals surface area (Å²) in [5.74, 6) is 0.266. The first-order valence-electron chi connectivity index (χ1n) is 5.43. The first kappa shape index (κ1) is 11.4. The molecule has 0 bridgehead atoms. The largest absolute Gasteiger partial charge is 0.508 e. The Hall–Kier alpha value is -2.07. The zero-order valence-electron chi connectivity index (χ0n) is 9.43. The molecule has 0 amide bonds. The molecule has 0 radical (unpaired) electrons. The van der Waals surface area contributed by atoms with Crippen LogP contribution in [0.15, 0.2) is 42.7 Å². The highest BCUT2D eigenvalue weighted by atomic mass is 16.3. The molecule has 1 aromatic heterocycles. The number of hydrogen-bond donors (Lipinski definition) is 3. The Morgan fingerprint density at radius 3 is 2.53 bits per heavy atom. The van der Waals surface area contributed by atoms with Gasteiger partial charge in [-0.2, -0.15) is 0 Å². The van der Waals surface area contributed by atoms with E-state index in [1.165, 1.54) is 0 Å². The van der Waals surface area contributed by atoms with Gasteiger partial charge in [0.15, 0.2) is 0 Å². The van der Waals surface area contributed by atoms with Crippen LogP contribution < -0.4 is 11.1 Å². The standard InChI is InChI=1S/C13H15N3O/c14-6-10-5-11(8-15-7-10)9-16-12-1-3-13(17)4-2-12/h1-5,7-8,16-17H,6,9,14H2. The molecule has 4 N–H and O–H groups in total. The summed E-state index contributed by atoms with van der Waals surface area (Å²) < 4.78 is 0. The number of rotatable bonds is 4. The zero-order chi connectivity index (χ0) is 12.1. The second-order valence-electron chi connectivity index (χ2n) is 3.81. The van der Waals surface area contributed by atoms with Crippen molar-refractivity contribution in [3.05, 3.63) is 53.9 Å². The van der Waals surface area contributed by atoms with Crippen molar-refractivity contribution in [3.8, 4) is 5.75 Å². The number of phenols is 1. The number of aromatic nitrogens is 1. The lowest BCUT2D eigenvalue weighted by Crippen LogP contribution is -2.02. The Balaban J connectivity index is 1.99. The second-order valence-corrected chi connectivity index (χ2v) is 3.81. The molecule has 0 saturated carbocycles. The summed E-state index contributed by atoms with van der Waals surface area (Å²) in [7, 11) is 0. The maximum atomic E-state index is 9.16. The fraction of sp³-hybridized carbons (Fsp3) is 0.154. The van der Waals surface area contributed by atoms with Crippen LogP contribution in [-0.2, 0) is 13.1 Å². The van der Waals surface area contributed by atoms with Crippen LogP contribution >= 0.6 is 0 Å². The third-order valence-corrected chi connectivity index (χ3v) is 2.45. The van der Waals surface area contributed by atoms with Crippen molar-refractivity contribution in [2.75, 3.05) is 5.32 Å². The van der Waals surface area contributed by atoms with Gasteiger partial charge in [-0.1, -0.05) is 0 Å². The summed E-state index contributed by atoms with van der Waals surface area (Å²) in [5, 5.41) is 12.4. The average Bonchev–Trinajstić information content (AvgIpc) is 2.38. The lowest BCUT2D eigenvalue weighted by Gasteiger charge is -2.07. The number of pyridine rings is 1.